The summed E-state index contributed by atoms with van der Waals surface area (Å²) in [6.45, 7) is 4.74. The van der Waals surface area contributed by atoms with Crippen LogP contribution in [0.3, 0.4) is 0 Å². The van der Waals surface area contributed by atoms with Crippen LogP contribution in [0.15, 0.2) is 36.4 Å². The molecule has 0 atom stereocenters. The van der Waals surface area contributed by atoms with E-state index in [9.17, 15) is 4.39 Å². The van der Waals surface area contributed by atoms with Crippen LogP contribution in [0.5, 0.6) is 0 Å². The predicted molar refractivity (Wildman–Crippen MR) is 98.4 cm³/mol. The molecule has 0 bridgehead atoms. The van der Waals surface area contributed by atoms with E-state index in [4.69, 9.17) is 34.8 Å². The summed E-state index contributed by atoms with van der Waals surface area (Å²) < 4.78 is 13.9. The molecule has 0 unspecified atom stereocenters. The third-order valence-electron chi connectivity index (χ3n) is 4.35. The van der Waals surface area contributed by atoms with Gasteiger partial charge in [0, 0.05) is 65.5 Å². The Labute approximate surface area is 156 Å². The maximum Gasteiger partial charge on any atom is 0.129 e. The number of rotatable bonds is 4. The van der Waals surface area contributed by atoms with Gasteiger partial charge in [0.2, 0.25) is 0 Å². The third kappa shape index (κ3) is 4.22. The summed E-state index contributed by atoms with van der Waals surface area (Å²) in [4.78, 5) is 4.53. The molecule has 0 N–H and O–H groups in total. The van der Waals surface area contributed by atoms with Crippen molar-refractivity contribution in [3.63, 3.8) is 0 Å². The molecule has 2 nitrogen and oxygen atoms in total. The van der Waals surface area contributed by atoms with E-state index in [0.717, 1.165) is 38.3 Å². The second kappa shape index (κ2) is 8.03. The van der Waals surface area contributed by atoms with Crippen molar-refractivity contribution in [3.05, 3.63) is 68.4 Å². The first-order chi connectivity index (χ1) is 11.5. The molecule has 6 heteroatoms. The lowest BCUT2D eigenvalue weighted by molar-refractivity contribution is 0.121. The molecule has 2 aromatic carbocycles. The summed E-state index contributed by atoms with van der Waals surface area (Å²) in [6, 6.07) is 10.4. The summed E-state index contributed by atoms with van der Waals surface area (Å²) in [7, 11) is 0. The lowest BCUT2D eigenvalue weighted by Crippen LogP contribution is -2.45. The number of hydrogen-bond donors (Lipinski definition) is 0. The fourth-order valence-electron chi connectivity index (χ4n) is 2.92. The molecule has 0 saturated carbocycles. The van der Waals surface area contributed by atoms with Crippen LogP contribution in [0.25, 0.3) is 0 Å². The first-order valence-electron chi connectivity index (χ1n) is 7.85. The van der Waals surface area contributed by atoms with Gasteiger partial charge in [-0.15, -0.1) is 0 Å². The zero-order chi connectivity index (χ0) is 17.1. The first kappa shape index (κ1) is 18.0. The van der Waals surface area contributed by atoms with E-state index in [-0.39, 0.29) is 5.82 Å². The highest BCUT2D eigenvalue weighted by atomic mass is 35.5. The van der Waals surface area contributed by atoms with Crippen LogP contribution in [-0.4, -0.2) is 36.0 Å². The maximum absolute atomic E-state index is 13.9. The fraction of sp³-hybridized carbons (Fsp3) is 0.333. The molecule has 0 amide bonds. The molecule has 24 heavy (non-hydrogen) atoms. The van der Waals surface area contributed by atoms with Crippen LogP contribution in [0.4, 0.5) is 4.39 Å². The predicted octanol–water partition coefficient (Wildman–Crippen LogP) is 5.10. The quantitative estimate of drug-likeness (QED) is 0.720. The largest absolute Gasteiger partial charge is 0.296 e. The van der Waals surface area contributed by atoms with Crippen molar-refractivity contribution in [1.29, 1.82) is 0 Å². The van der Waals surface area contributed by atoms with Gasteiger partial charge < -0.3 is 0 Å². The second-order valence-corrected chi connectivity index (χ2v) is 7.17. The zero-order valence-corrected chi connectivity index (χ0v) is 15.4. The Bertz CT molecular complexity index is 613. The van der Waals surface area contributed by atoms with Crippen LogP contribution < -0.4 is 0 Å². The monoisotopic (exact) mass is 386 g/mol. The van der Waals surface area contributed by atoms with Crippen molar-refractivity contribution in [2.45, 2.75) is 13.1 Å². The molecular weight excluding hydrogens is 370 g/mol. The van der Waals surface area contributed by atoms with Crippen molar-refractivity contribution in [3.8, 4) is 0 Å². The minimum absolute atomic E-state index is 0.243. The number of nitrogens with zero attached hydrogens (tertiary/aromatic N) is 2. The Morgan fingerprint density at radius 2 is 1.12 bits per heavy atom. The summed E-state index contributed by atoms with van der Waals surface area (Å²) in [5.74, 6) is -0.243. The molecule has 1 fully saturated rings. The van der Waals surface area contributed by atoms with Crippen molar-refractivity contribution in [2.75, 3.05) is 26.2 Å². The average Bonchev–Trinajstić information content (AvgIpc) is 2.56. The van der Waals surface area contributed by atoms with E-state index >= 15 is 0 Å². The van der Waals surface area contributed by atoms with Gasteiger partial charge in [-0.25, -0.2) is 4.39 Å². The topological polar surface area (TPSA) is 6.48 Å². The molecule has 0 aliphatic carbocycles. The number of benzene rings is 2. The SMILES string of the molecule is Fc1cccc(Cl)c1CN1CCN(Cc2c(Cl)cccc2Cl)CC1. The lowest BCUT2D eigenvalue weighted by Gasteiger charge is -2.35. The highest BCUT2D eigenvalue weighted by molar-refractivity contribution is 6.36. The molecule has 3 rings (SSSR count). The lowest BCUT2D eigenvalue weighted by atomic mass is 10.1. The van der Waals surface area contributed by atoms with Crippen molar-refractivity contribution < 1.29 is 4.39 Å². The van der Waals surface area contributed by atoms with Gasteiger partial charge in [-0.1, -0.05) is 46.9 Å². The number of halogens is 4. The second-order valence-electron chi connectivity index (χ2n) is 5.95. The van der Waals surface area contributed by atoms with Gasteiger partial charge in [0.05, 0.1) is 0 Å². The van der Waals surface area contributed by atoms with Crippen molar-refractivity contribution in [1.82, 2.24) is 9.80 Å². The molecule has 0 spiro atoms. The molecule has 1 aliphatic heterocycles. The van der Waals surface area contributed by atoms with Gasteiger partial charge in [-0.3, -0.25) is 9.80 Å². The molecule has 0 aromatic heterocycles. The van der Waals surface area contributed by atoms with Crippen LogP contribution in [-0.2, 0) is 13.1 Å². The highest BCUT2D eigenvalue weighted by Gasteiger charge is 2.20. The Morgan fingerprint density at radius 3 is 1.62 bits per heavy atom. The third-order valence-corrected chi connectivity index (χ3v) is 5.41. The smallest absolute Gasteiger partial charge is 0.129 e. The molecule has 1 saturated heterocycles. The Kier molecular flexibility index (Phi) is 6.01. The van der Waals surface area contributed by atoms with Gasteiger partial charge in [-0.05, 0) is 24.3 Å². The zero-order valence-electron chi connectivity index (χ0n) is 13.1. The molecular formula is C18H18Cl3FN2. The fourth-order valence-corrected chi connectivity index (χ4v) is 3.66. The van der Waals surface area contributed by atoms with Crippen molar-refractivity contribution in [2.24, 2.45) is 0 Å². The van der Waals surface area contributed by atoms with Gasteiger partial charge >= 0.3 is 0 Å². The summed E-state index contributed by atoms with van der Waals surface area (Å²) in [5.41, 5.74) is 1.54. The van der Waals surface area contributed by atoms with E-state index in [2.05, 4.69) is 9.80 Å². The summed E-state index contributed by atoms with van der Waals surface area (Å²) in [5, 5.41) is 1.88. The standard InChI is InChI=1S/C18H18Cl3FN2/c19-15-3-1-4-16(20)13(15)11-23-7-9-24(10-8-23)12-14-17(21)5-2-6-18(14)22/h1-6H,7-12H2. The van der Waals surface area contributed by atoms with E-state index in [1.165, 1.54) is 6.07 Å². The van der Waals surface area contributed by atoms with E-state index < -0.39 is 0 Å². The van der Waals surface area contributed by atoms with E-state index in [1.807, 2.05) is 18.2 Å². The minimum Gasteiger partial charge on any atom is -0.296 e. The van der Waals surface area contributed by atoms with Gasteiger partial charge in [-0.2, -0.15) is 0 Å². The molecule has 1 heterocycles. The summed E-state index contributed by atoms with van der Waals surface area (Å²) in [6.07, 6.45) is 0. The highest BCUT2D eigenvalue weighted by Crippen LogP contribution is 2.26. The van der Waals surface area contributed by atoms with Gasteiger partial charge in [0.1, 0.15) is 5.82 Å². The van der Waals surface area contributed by atoms with Crippen LogP contribution in [0, 0.1) is 5.82 Å². The van der Waals surface area contributed by atoms with Gasteiger partial charge in [0.25, 0.3) is 0 Å². The summed E-state index contributed by atoms with van der Waals surface area (Å²) >= 11 is 18.6. The van der Waals surface area contributed by atoms with E-state index in [0.29, 0.717) is 27.2 Å². The minimum atomic E-state index is -0.243. The van der Waals surface area contributed by atoms with Crippen LogP contribution >= 0.6 is 34.8 Å². The number of hydrogen-bond acceptors (Lipinski definition) is 2. The molecule has 128 valence electrons. The first-order valence-corrected chi connectivity index (χ1v) is 8.98. The average molecular weight is 388 g/mol. The van der Waals surface area contributed by atoms with Crippen LogP contribution in [0.2, 0.25) is 15.1 Å². The normalized spacial score (nSPS) is 16.5. The number of piperazine rings is 1. The maximum atomic E-state index is 13.9. The Balaban J connectivity index is 1.58. The van der Waals surface area contributed by atoms with Crippen molar-refractivity contribution >= 4 is 34.8 Å². The van der Waals surface area contributed by atoms with E-state index in [1.54, 1.807) is 12.1 Å². The Morgan fingerprint density at radius 1 is 0.708 bits per heavy atom. The van der Waals surface area contributed by atoms with Crippen LogP contribution in [0.1, 0.15) is 11.1 Å². The van der Waals surface area contributed by atoms with Gasteiger partial charge in [0.15, 0.2) is 0 Å². The molecule has 1 aliphatic rings. The molecule has 0 radical (unpaired) electrons. The molecule has 2 aromatic rings. The Hall–Kier alpha value is -0.840.